The zero-order valence-electron chi connectivity index (χ0n) is 21.4. The number of hydrogen-bond acceptors (Lipinski definition) is 5. The van der Waals surface area contributed by atoms with Crippen LogP contribution in [0, 0.1) is 0 Å². The summed E-state index contributed by atoms with van der Waals surface area (Å²) >= 11 is 3.77. The highest BCUT2D eigenvalue weighted by molar-refractivity contribution is 9.10. The molecular formula is C30H31BrNO4P. The van der Waals surface area contributed by atoms with Gasteiger partial charge in [0.05, 0.1) is 31.6 Å². The summed E-state index contributed by atoms with van der Waals surface area (Å²) in [4.78, 5) is 2.15. The van der Waals surface area contributed by atoms with Crippen LogP contribution in [-0.4, -0.2) is 33.3 Å². The minimum absolute atomic E-state index is 0.506. The fourth-order valence-corrected chi connectivity index (χ4v) is 8.87. The molecule has 0 aromatic heterocycles. The number of rotatable bonds is 10. The highest BCUT2D eigenvalue weighted by Crippen LogP contribution is 2.60. The van der Waals surface area contributed by atoms with E-state index in [9.17, 15) is 0 Å². The van der Waals surface area contributed by atoms with Crippen LogP contribution < -0.4 is 24.8 Å². The molecule has 0 saturated heterocycles. The van der Waals surface area contributed by atoms with E-state index in [0.29, 0.717) is 22.5 Å². The van der Waals surface area contributed by atoms with Crippen LogP contribution in [0.2, 0.25) is 0 Å². The van der Waals surface area contributed by atoms with Crippen molar-refractivity contribution in [1.29, 1.82) is 0 Å². The molecule has 0 fully saturated rings. The number of nitrogens with zero attached hydrogens (tertiary/aromatic N) is 1. The van der Waals surface area contributed by atoms with E-state index < -0.39 is 12.9 Å². The van der Waals surface area contributed by atoms with Crippen molar-refractivity contribution in [2.75, 3.05) is 28.4 Å². The van der Waals surface area contributed by atoms with Gasteiger partial charge in [-0.2, -0.15) is 0 Å². The Morgan fingerprint density at radius 3 is 1.81 bits per heavy atom. The highest BCUT2D eigenvalue weighted by Gasteiger charge is 2.42. The lowest BCUT2D eigenvalue weighted by Crippen LogP contribution is -2.32. The Bertz CT molecular complexity index is 1320. The van der Waals surface area contributed by atoms with Crippen molar-refractivity contribution in [2.45, 2.75) is 12.3 Å². The van der Waals surface area contributed by atoms with Crippen LogP contribution in [0.25, 0.3) is 0 Å². The first-order valence-corrected chi connectivity index (χ1v) is 14.5. The average Bonchev–Trinajstić information content (AvgIpc) is 2.95. The van der Waals surface area contributed by atoms with Gasteiger partial charge in [-0.05, 0) is 52.3 Å². The highest BCUT2D eigenvalue weighted by atomic mass is 79.9. The van der Waals surface area contributed by atoms with E-state index in [4.69, 9.17) is 14.2 Å². The molecule has 1 atom stereocenters. The largest absolute Gasteiger partial charge is 0.497 e. The first-order valence-electron chi connectivity index (χ1n) is 11.9. The molecule has 0 N–H and O–H groups in total. The predicted molar refractivity (Wildman–Crippen MR) is 154 cm³/mol. The van der Waals surface area contributed by atoms with E-state index in [-0.39, 0.29) is 0 Å². The molecule has 0 aliphatic rings. The number of ether oxygens (including phenoxy) is 3. The molecule has 4 rings (SSSR count). The molecule has 7 heteroatoms. The minimum Gasteiger partial charge on any atom is -0.497 e. The van der Waals surface area contributed by atoms with E-state index in [0.717, 1.165) is 27.5 Å². The van der Waals surface area contributed by atoms with Crippen molar-refractivity contribution in [3.63, 3.8) is 0 Å². The smallest absolute Gasteiger partial charge is 0.175 e. The van der Waals surface area contributed by atoms with Gasteiger partial charge in [-0.15, -0.1) is 0 Å². The summed E-state index contributed by atoms with van der Waals surface area (Å²) in [6.45, 7) is 0.569. The maximum atomic E-state index is 15.6. The first kappa shape index (κ1) is 27.0. The fourth-order valence-electron chi connectivity index (χ4n) is 4.65. The van der Waals surface area contributed by atoms with E-state index in [1.54, 1.807) is 21.3 Å². The van der Waals surface area contributed by atoms with E-state index in [1.807, 2.05) is 104 Å². The Morgan fingerprint density at radius 1 is 0.757 bits per heavy atom. The molecule has 0 amide bonds. The molecule has 0 saturated carbocycles. The molecule has 0 bridgehead atoms. The molecular weight excluding hydrogens is 549 g/mol. The lowest BCUT2D eigenvalue weighted by Gasteiger charge is -2.37. The van der Waals surface area contributed by atoms with Crippen molar-refractivity contribution < 1.29 is 18.8 Å². The summed E-state index contributed by atoms with van der Waals surface area (Å²) < 4.78 is 32.9. The number of methoxy groups -OCH3 is 3. The lowest BCUT2D eigenvalue weighted by atomic mass is 10.1. The van der Waals surface area contributed by atoms with Gasteiger partial charge in [0.25, 0.3) is 0 Å². The fraction of sp³-hybridized carbons (Fsp3) is 0.200. The Labute approximate surface area is 227 Å². The summed E-state index contributed by atoms with van der Waals surface area (Å²) in [7, 11) is 3.61. The van der Waals surface area contributed by atoms with E-state index >= 15 is 4.57 Å². The summed E-state index contributed by atoms with van der Waals surface area (Å²) in [6, 6.07) is 31.3. The Morgan fingerprint density at radius 2 is 1.32 bits per heavy atom. The molecule has 37 heavy (non-hydrogen) atoms. The summed E-state index contributed by atoms with van der Waals surface area (Å²) in [5.74, 6) is 1.46. The Balaban J connectivity index is 1.95. The number of hydrogen-bond donors (Lipinski definition) is 0. The van der Waals surface area contributed by atoms with Crippen LogP contribution in [0.15, 0.2) is 102 Å². The second-order valence-electron chi connectivity index (χ2n) is 8.67. The molecule has 0 aliphatic heterocycles. The average molecular weight is 580 g/mol. The molecule has 0 spiro atoms. The van der Waals surface area contributed by atoms with E-state index in [2.05, 4.69) is 20.8 Å². The maximum Gasteiger partial charge on any atom is 0.175 e. The van der Waals surface area contributed by atoms with Gasteiger partial charge in [-0.3, -0.25) is 4.90 Å². The monoisotopic (exact) mass is 579 g/mol. The van der Waals surface area contributed by atoms with Crippen molar-refractivity contribution in [2.24, 2.45) is 0 Å². The SMILES string of the molecule is COc1ccc(CN(C)C(c2ccc(OC)c(OC)c2Br)P(=O)(c2ccccc2)c2ccccc2)cc1. The first-order chi connectivity index (χ1) is 17.9. The Kier molecular flexibility index (Phi) is 8.75. The van der Waals surface area contributed by atoms with Gasteiger partial charge in [0.15, 0.2) is 18.6 Å². The lowest BCUT2D eigenvalue weighted by molar-refractivity contribution is 0.296. The topological polar surface area (TPSA) is 48.0 Å². The third-order valence-electron chi connectivity index (χ3n) is 6.43. The predicted octanol–water partition coefficient (Wildman–Crippen LogP) is 6.62. The van der Waals surface area contributed by atoms with Crippen molar-refractivity contribution in [3.8, 4) is 17.2 Å². The quantitative estimate of drug-likeness (QED) is 0.198. The van der Waals surface area contributed by atoms with Gasteiger partial charge in [-0.1, -0.05) is 78.9 Å². The molecule has 0 radical (unpaired) electrons. The minimum atomic E-state index is -3.27. The normalized spacial score (nSPS) is 12.3. The zero-order valence-corrected chi connectivity index (χ0v) is 23.9. The van der Waals surface area contributed by atoms with Crippen LogP contribution in [0.5, 0.6) is 17.2 Å². The second kappa shape index (κ2) is 12.0. The summed E-state index contributed by atoms with van der Waals surface area (Å²) in [5.41, 5.74) is 1.93. The van der Waals surface area contributed by atoms with Crippen LogP contribution >= 0.6 is 23.1 Å². The summed E-state index contributed by atoms with van der Waals surface area (Å²) in [6.07, 6.45) is 0. The van der Waals surface area contributed by atoms with Crippen molar-refractivity contribution in [3.05, 3.63) is 113 Å². The van der Waals surface area contributed by atoms with E-state index in [1.165, 1.54) is 0 Å². The van der Waals surface area contributed by atoms with Gasteiger partial charge >= 0.3 is 0 Å². The van der Waals surface area contributed by atoms with Gasteiger partial charge in [0.1, 0.15) is 5.75 Å². The van der Waals surface area contributed by atoms with Gasteiger partial charge in [0, 0.05) is 17.2 Å². The van der Waals surface area contributed by atoms with Gasteiger partial charge in [-0.25, -0.2) is 0 Å². The molecule has 0 aliphatic carbocycles. The van der Waals surface area contributed by atoms with Gasteiger partial charge < -0.3 is 18.8 Å². The zero-order chi connectivity index (χ0) is 26.4. The van der Waals surface area contributed by atoms with Crippen LogP contribution in [-0.2, 0) is 11.1 Å². The molecule has 1 unspecified atom stereocenters. The third kappa shape index (κ3) is 5.47. The van der Waals surface area contributed by atoms with Crippen molar-refractivity contribution in [1.82, 2.24) is 4.90 Å². The van der Waals surface area contributed by atoms with Crippen LogP contribution in [0.3, 0.4) is 0 Å². The molecule has 192 valence electrons. The van der Waals surface area contributed by atoms with Crippen molar-refractivity contribution >= 4 is 33.7 Å². The maximum absolute atomic E-state index is 15.6. The third-order valence-corrected chi connectivity index (χ3v) is 10.7. The summed E-state index contributed by atoms with van der Waals surface area (Å²) in [5, 5.41) is 1.57. The molecule has 4 aromatic rings. The van der Waals surface area contributed by atoms with Gasteiger partial charge in [0.2, 0.25) is 0 Å². The molecule has 4 aromatic carbocycles. The van der Waals surface area contributed by atoms with Crippen LogP contribution in [0.4, 0.5) is 0 Å². The number of halogens is 1. The standard InChI is InChI=1S/C30H31BrNO4P/c1-32(21-22-15-17-23(34-2)18-16-22)30(26-19-20-27(35-3)29(36-4)28(26)31)37(33,24-11-7-5-8-12-24)25-13-9-6-10-14-25/h5-20,30H,21H2,1-4H3. The number of benzene rings is 4. The Hall–Kier alpha value is -3.05. The second-order valence-corrected chi connectivity index (χ2v) is 12.3. The molecule has 5 nitrogen and oxygen atoms in total. The van der Waals surface area contributed by atoms with Crippen LogP contribution in [0.1, 0.15) is 16.9 Å². The molecule has 0 heterocycles.